The van der Waals surface area contributed by atoms with Gasteiger partial charge in [-0.05, 0) is 67.0 Å². The van der Waals surface area contributed by atoms with Gasteiger partial charge in [0.25, 0.3) is 11.8 Å². The molecule has 2 heterocycles. The number of carbonyl (C=O) groups excluding carboxylic acids is 2. The summed E-state index contributed by atoms with van der Waals surface area (Å²) in [7, 11) is 0. The number of hydrogen-bond acceptors (Lipinski definition) is 3. The van der Waals surface area contributed by atoms with Crippen molar-refractivity contribution in [2.75, 3.05) is 18.0 Å². The standard InChI is InChI=1S/C26H27F3N2O2/c1-15-10-16(2)14-30(13-15)23-22(19-9-8-17(3)18(4)11-19)24(32)31(25(23)33)21-7-5-6-20(12-21)26(27,28)29/h5-9,11-12,15-16H,10,13-14H2,1-4H3. The van der Waals surface area contributed by atoms with Crippen LogP contribution in [0.3, 0.4) is 0 Å². The predicted octanol–water partition coefficient (Wildman–Crippen LogP) is 5.58. The molecule has 2 unspecified atom stereocenters. The summed E-state index contributed by atoms with van der Waals surface area (Å²) in [6.45, 7) is 9.32. The third kappa shape index (κ3) is 4.28. The lowest BCUT2D eigenvalue weighted by Gasteiger charge is -2.37. The molecule has 1 fully saturated rings. The van der Waals surface area contributed by atoms with E-state index in [1.54, 1.807) is 6.07 Å². The molecule has 0 spiro atoms. The molecule has 33 heavy (non-hydrogen) atoms. The zero-order valence-electron chi connectivity index (χ0n) is 19.2. The molecule has 4 rings (SSSR count). The van der Waals surface area contributed by atoms with E-state index < -0.39 is 23.6 Å². The second kappa shape index (κ2) is 8.36. The fourth-order valence-electron chi connectivity index (χ4n) is 4.87. The Morgan fingerprint density at radius 2 is 1.55 bits per heavy atom. The van der Waals surface area contributed by atoms with E-state index in [-0.39, 0.29) is 17.0 Å². The summed E-state index contributed by atoms with van der Waals surface area (Å²) >= 11 is 0. The van der Waals surface area contributed by atoms with Crippen molar-refractivity contribution in [3.05, 3.63) is 70.4 Å². The van der Waals surface area contributed by atoms with Gasteiger partial charge in [0.15, 0.2) is 0 Å². The molecule has 2 atom stereocenters. The van der Waals surface area contributed by atoms with Gasteiger partial charge in [0.05, 0.1) is 16.8 Å². The van der Waals surface area contributed by atoms with E-state index in [9.17, 15) is 22.8 Å². The number of halogens is 3. The number of alkyl halides is 3. The third-order valence-electron chi connectivity index (χ3n) is 6.47. The Bertz CT molecular complexity index is 1140. The molecule has 0 aliphatic carbocycles. The second-order valence-electron chi connectivity index (χ2n) is 9.37. The summed E-state index contributed by atoms with van der Waals surface area (Å²) in [5.74, 6) is -0.516. The Balaban J connectivity index is 1.85. The largest absolute Gasteiger partial charge is 0.416 e. The van der Waals surface area contributed by atoms with Crippen LogP contribution in [0.25, 0.3) is 5.57 Å². The molecule has 2 aromatic carbocycles. The van der Waals surface area contributed by atoms with Gasteiger partial charge in [-0.1, -0.05) is 38.1 Å². The molecule has 7 heteroatoms. The van der Waals surface area contributed by atoms with Gasteiger partial charge in [-0.2, -0.15) is 13.2 Å². The number of nitrogens with zero attached hydrogens (tertiary/aromatic N) is 2. The number of hydrogen-bond donors (Lipinski definition) is 0. The summed E-state index contributed by atoms with van der Waals surface area (Å²) in [6, 6.07) is 9.93. The monoisotopic (exact) mass is 456 g/mol. The van der Waals surface area contributed by atoms with Crippen LogP contribution in [-0.4, -0.2) is 29.8 Å². The highest BCUT2D eigenvalue weighted by molar-refractivity contribution is 6.45. The first-order valence-electron chi connectivity index (χ1n) is 11.1. The molecule has 0 saturated carbocycles. The molecule has 0 radical (unpaired) electrons. The quantitative estimate of drug-likeness (QED) is 0.566. The maximum atomic E-state index is 13.6. The highest BCUT2D eigenvalue weighted by atomic mass is 19.4. The molecule has 2 aromatic rings. The smallest absolute Gasteiger partial charge is 0.366 e. The van der Waals surface area contributed by atoms with Gasteiger partial charge in [-0.25, -0.2) is 4.90 Å². The molecule has 0 aromatic heterocycles. The molecule has 1 saturated heterocycles. The van der Waals surface area contributed by atoms with Gasteiger partial charge in [0.2, 0.25) is 0 Å². The van der Waals surface area contributed by atoms with Crippen molar-refractivity contribution in [2.45, 2.75) is 40.3 Å². The Labute approximate surface area is 191 Å². The molecular formula is C26H27F3N2O2. The minimum absolute atomic E-state index is 0.0748. The summed E-state index contributed by atoms with van der Waals surface area (Å²) in [5, 5.41) is 0. The number of anilines is 1. The SMILES string of the molecule is Cc1ccc(C2=C(N3CC(C)CC(C)C3)C(=O)N(c3cccc(C(F)(F)F)c3)C2=O)cc1C. The zero-order chi connectivity index (χ0) is 24.1. The van der Waals surface area contributed by atoms with E-state index in [0.717, 1.165) is 34.6 Å². The molecular weight excluding hydrogens is 429 g/mol. The number of rotatable bonds is 3. The minimum Gasteiger partial charge on any atom is -0.366 e. The van der Waals surface area contributed by atoms with Crippen molar-refractivity contribution >= 4 is 23.1 Å². The third-order valence-corrected chi connectivity index (χ3v) is 6.47. The van der Waals surface area contributed by atoms with Crippen molar-refractivity contribution < 1.29 is 22.8 Å². The van der Waals surface area contributed by atoms with Crippen molar-refractivity contribution in [3.8, 4) is 0 Å². The van der Waals surface area contributed by atoms with Crippen molar-refractivity contribution in [1.29, 1.82) is 0 Å². The lowest BCUT2D eigenvalue weighted by Crippen LogP contribution is -2.42. The van der Waals surface area contributed by atoms with Crippen LogP contribution in [0, 0.1) is 25.7 Å². The van der Waals surface area contributed by atoms with Crippen LogP contribution in [0.15, 0.2) is 48.2 Å². The van der Waals surface area contributed by atoms with Gasteiger partial charge >= 0.3 is 6.18 Å². The number of piperidine rings is 1. The number of benzene rings is 2. The molecule has 2 aliphatic rings. The molecule has 0 N–H and O–H groups in total. The van der Waals surface area contributed by atoms with Crippen LogP contribution in [0.2, 0.25) is 0 Å². The van der Waals surface area contributed by atoms with Crippen molar-refractivity contribution in [2.24, 2.45) is 11.8 Å². The van der Waals surface area contributed by atoms with Crippen LogP contribution in [0.1, 0.15) is 42.5 Å². The van der Waals surface area contributed by atoms with E-state index in [2.05, 4.69) is 13.8 Å². The van der Waals surface area contributed by atoms with E-state index >= 15 is 0 Å². The highest BCUT2D eigenvalue weighted by Gasteiger charge is 2.44. The van der Waals surface area contributed by atoms with Gasteiger partial charge in [-0.15, -0.1) is 0 Å². The summed E-state index contributed by atoms with van der Waals surface area (Å²) in [4.78, 5) is 30.1. The Kier molecular flexibility index (Phi) is 5.85. The Hall–Kier alpha value is -3.09. The lowest BCUT2D eigenvalue weighted by molar-refractivity contribution is -0.137. The Morgan fingerprint density at radius 1 is 0.879 bits per heavy atom. The highest BCUT2D eigenvalue weighted by Crippen LogP contribution is 2.39. The predicted molar refractivity (Wildman–Crippen MR) is 121 cm³/mol. The number of likely N-dealkylation sites (tertiary alicyclic amines) is 1. The first kappa shape index (κ1) is 23.1. The average molecular weight is 457 g/mol. The second-order valence-corrected chi connectivity index (χ2v) is 9.37. The van der Waals surface area contributed by atoms with Gasteiger partial charge < -0.3 is 4.90 Å². The fraction of sp³-hybridized carbons (Fsp3) is 0.385. The lowest BCUT2D eigenvalue weighted by atomic mass is 9.90. The van der Waals surface area contributed by atoms with Crippen molar-refractivity contribution in [1.82, 2.24) is 4.90 Å². The van der Waals surface area contributed by atoms with E-state index in [1.807, 2.05) is 30.9 Å². The minimum atomic E-state index is -4.58. The van der Waals surface area contributed by atoms with Gasteiger partial charge in [0.1, 0.15) is 5.70 Å². The molecule has 0 bridgehead atoms. The Morgan fingerprint density at radius 3 is 2.15 bits per heavy atom. The zero-order valence-corrected chi connectivity index (χ0v) is 19.2. The summed E-state index contributed by atoms with van der Waals surface area (Å²) < 4.78 is 40.0. The van der Waals surface area contributed by atoms with E-state index in [4.69, 9.17) is 0 Å². The summed E-state index contributed by atoms with van der Waals surface area (Å²) in [6.07, 6.45) is -3.56. The number of amides is 2. The number of imide groups is 1. The van der Waals surface area contributed by atoms with Crippen LogP contribution in [0.5, 0.6) is 0 Å². The average Bonchev–Trinajstić information content (AvgIpc) is 2.99. The first-order valence-corrected chi connectivity index (χ1v) is 11.1. The maximum Gasteiger partial charge on any atom is 0.416 e. The first-order chi connectivity index (χ1) is 15.5. The van der Waals surface area contributed by atoms with Gasteiger partial charge in [-0.3, -0.25) is 9.59 Å². The topological polar surface area (TPSA) is 40.6 Å². The summed E-state index contributed by atoms with van der Waals surface area (Å²) in [5.41, 5.74) is 2.18. The normalized spacial score (nSPS) is 21.9. The van der Waals surface area contributed by atoms with E-state index in [1.165, 1.54) is 12.1 Å². The number of aryl methyl sites for hydroxylation is 2. The van der Waals surface area contributed by atoms with Crippen LogP contribution in [-0.2, 0) is 15.8 Å². The fourth-order valence-corrected chi connectivity index (χ4v) is 4.87. The van der Waals surface area contributed by atoms with E-state index in [0.29, 0.717) is 30.5 Å². The van der Waals surface area contributed by atoms with Gasteiger partial charge in [0, 0.05) is 13.1 Å². The molecule has 4 nitrogen and oxygen atoms in total. The van der Waals surface area contributed by atoms with Crippen LogP contribution < -0.4 is 4.90 Å². The maximum absolute atomic E-state index is 13.6. The van der Waals surface area contributed by atoms with Crippen LogP contribution >= 0.6 is 0 Å². The number of carbonyl (C=O) groups is 2. The molecule has 2 amide bonds. The molecule has 174 valence electrons. The van der Waals surface area contributed by atoms with Crippen molar-refractivity contribution in [3.63, 3.8) is 0 Å². The molecule has 2 aliphatic heterocycles. The van der Waals surface area contributed by atoms with Crippen LogP contribution in [0.4, 0.5) is 18.9 Å².